The SMILES string of the molecule is C=CC[C@H](C(=C)C(=O)OCC)c1ccc(F)cc1. The third-order valence-corrected chi connectivity index (χ3v) is 2.63. The van der Waals surface area contributed by atoms with E-state index in [9.17, 15) is 9.18 Å². The number of benzene rings is 1. The van der Waals surface area contributed by atoms with E-state index in [1.165, 1.54) is 12.1 Å². The molecule has 0 unspecified atom stereocenters. The summed E-state index contributed by atoms with van der Waals surface area (Å²) < 4.78 is 17.8. The zero-order chi connectivity index (χ0) is 13.5. The second-order valence-corrected chi connectivity index (χ2v) is 3.87. The van der Waals surface area contributed by atoms with Crippen LogP contribution >= 0.6 is 0 Å². The summed E-state index contributed by atoms with van der Waals surface area (Å²) in [5, 5.41) is 0. The fourth-order valence-electron chi connectivity index (χ4n) is 1.71. The van der Waals surface area contributed by atoms with Gasteiger partial charge >= 0.3 is 5.97 Å². The lowest BCUT2D eigenvalue weighted by molar-refractivity contribution is -0.138. The molecular formula is C15H17FO2. The molecule has 0 fully saturated rings. The zero-order valence-electron chi connectivity index (χ0n) is 10.5. The lowest BCUT2D eigenvalue weighted by Gasteiger charge is -2.17. The number of allylic oxidation sites excluding steroid dienone is 1. The monoisotopic (exact) mass is 248 g/mol. The van der Waals surface area contributed by atoms with E-state index in [-0.39, 0.29) is 11.7 Å². The van der Waals surface area contributed by atoms with Gasteiger partial charge in [-0.15, -0.1) is 6.58 Å². The van der Waals surface area contributed by atoms with Crippen molar-refractivity contribution in [1.29, 1.82) is 0 Å². The van der Waals surface area contributed by atoms with Crippen molar-refractivity contribution < 1.29 is 13.9 Å². The van der Waals surface area contributed by atoms with Crippen LogP contribution in [0.2, 0.25) is 0 Å². The number of carbonyl (C=O) groups is 1. The van der Waals surface area contributed by atoms with Crippen molar-refractivity contribution in [2.24, 2.45) is 0 Å². The third kappa shape index (κ3) is 3.55. The van der Waals surface area contributed by atoms with Gasteiger partial charge in [0, 0.05) is 11.5 Å². The van der Waals surface area contributed by atoms with E-state index >= 15 is 0 Å². The number of ether oxygens (including phenoxy) is 1. The molecular weight excluding hydrogens is 231 g/mol. The first-order chi connectivity index (χ1) is 8.60. The van der Waals surface area contributed by atoms with Crippen molar-refractivity contribution in [1.82, 2.24) is 0 Å². The molecule has 0 N–H and O–H groups in total. The lowest BCUT2D eigenvalue weighted by atomic mass is 9.89. The minimum Gasteiger partial charge on any atom is -0.463 e. The minimum atomic E-state index is -0.423. The Bertz CT molecular complexity index is 434. The summed E-state index contributed by atoms with van der Waals surface area (Å²) in [6.45, 7) is 9.49. The van der Waals surface area contributed by atoms with Gasteiger partial charge in [0.05, 0.1) is 6.61 Å². The molecule has 0 bridgehead atoms. The van der Waals surface area contributed by atoms with Crippen molar-refractivity contribution in [2.45, 2.75) is 19.3 Å². The summed E-state index contributed by atoms with van der Waals surface area (Å²) in [6, 6.07) is 6.02. The molecule has 0 heterocycles. The van der Waals surface area contributed by atoms with Crippen molar-refractivity contribution in [3.8, 4) is 0 Å². The Morgan fingerprint density at radius 3 is 2.56 bits per heavy atom. The summed E-state index contributed by atoms with van der Waals surface area (Å²) in [5.41, 5.74) is 1.19. The lowest BCUT2D eigenvalue weighted by Crippen LogP contribution is -2.13. The van der Waals surface area contributed by atoms with E-state index in [1.54, 1.807) is 25.1 Å². The van der Waals surface area contributed by atoms with E-state index < -0.39 is 5.97 Å². The van der Waals surface area contributed by atoms with Gasteiger partial charge in [0.1, 0.15) is 5.82 Å². The quantitative estimate of drug-likeness (QED) is 0.437. The normalized spacial score (nSPS) is 11.7. The molecule has 0 radical (unpaired) electrons. The van der Waals surface area contributed by atoms with Crippen LogP contribution in [0.25, 0.3) is 0 Å². The molecule has 18 heavy (non-hydrogen) atoms. The molecule has 0 aromatic heterocycles. The Morgan fingerprint density at radius 1 is 1.44 bits per heavy atom. The van der Waals surface area contributed by atoms with Crippen molar-refractivity contribution >= 4 is 5.97 Å². The van der Waals surface area contributed by atoms with Gasteiger partial charge in [-0.3, -0.25) is 0 Å². The average molecular weight is 248 g/mol. The molecule has 3 heteroatoms. The second kappa shape index (κ2) is 6.74. The second-order valence-electron chi connectivity index (χ2n) is 3.87. The van der Waals surface area contributed by atoms with Gasteiger partial charge in [-0.05, 0) is 31.0 Å². The standard InChI is InChI=1S/C15H17FO2/c1-4-6-14(11(3)15(17)18-5-2)12-7-9-13(16)10-8-12/h4,7-10,14H,1,3,5-6H2,2H3/t14-/m1/s1. The van der Waals surface area contributed by atoms with Crippen LogP contribution in [-0.4, -0.2) is 12.6 Å². The number of halogens is 1. The first-order valence-electron chi connectivity index (χ1n) is 5.82. The van der Waals surface area contributed by atoms with E-state index in [0.29, 0.717) is 18.6 Å². The largest absolute Gasteiger partial charge is 0.463 e. The maximum absolute atomic E-state index is 12.9. The van der Waals surface area contributed by atoms with Gasteiger partial charge < -0.3 is 4.74 Å². The Morgan fingerprint density at radius 2 is 2.06 bits per heavy atom. The Kier molecular flexibility index (Phi) is 5.31. The Hall–Kier alpha value is -1.90. The van der Waals surface area contributed by atoms with Crippen LogP contribution in [0.5, 0.6) is 0 Å². The van der Waals surface area contributed by atoms with Crippen molar-refractivity contribution in [2.75, 3.05) is 6.61 Å². The van der Waals surface area contributed by atoms with Crippen molar-refractivity contribution in [3.63, 3.8) is 0 Å². The van der Waals surface area contributed by atoms with Crippen LogP contribution in [0.3, 0.4) is 0 Å². The summed E-state index contributed by atoms with van der Waals surface area (Å²) in [7, 11) is 0. The molecule has 2 nitrogen and oxygen atoms in total. The molecule has 0 saturated heterocycles. The number of hydrogen-bond acceptors (Lipinski definition) is 2. The molecule has 0 aliphatic carbocycles. The maximum atomic E-state index is 12.9. The van der Waals surface area contributed by atoms with Crippen LogP contribution in [0.4, 0.5) is 4.39 Å². The maximum Gasteiger partial charge on any atom is 0.334 e. The van der Waals surface area contributed by atoms with E-state index in [4.69, 9.17) is 4.74 Å². The van der Waals surface area contributed by atoms with E-state index in [0.717, 1.165) is 5.56 Å². The molecule has 96 valence electrons. The van der Waals surface area contributed by atoms with E-state index in [2.05, 4.69) is 13.2 Å². The number of rotatable bonds is 6. The molecule has 0 aliphatic heterocycles. The average Bonchev–Trinajstić information content (AvgIpc) is 2.37. The highest BCUT2D eigenvalue weighted by Crippen LogP contribution is 2.28. The summed E-state index contributed by atoms with van der Waals surface area (Å²) >= 11 is 0. The fourth-order valence-corrected chi connectivity index (χ4v) is 1.71. The topological polar surface area (TPSA) is 26.3 Å². The summed E-state index contributed by atoms with van der Waals surface area (Å²) in [4.78, 5) is 11.7. The molecule has 1 aromatic rings. The van der Waals surface area contributed by atoms with Gasteiger partial charge in [0.15, 0.2) is 0 Å². The fraction of sp³-hybridized carbons (Fsp3) is 0.267. The van der Waals surface area contributed by atoms with Gasteiger partial charge in [-0.1, -0.05) is 24.8 Å². The van der Waals surface area contributed by atoms with Crippen LogP contribution in [0.1, 0.15) is 24.8 Å². The number of hydrogen-bond donors (Lipinski definition) is 0. The highest BCUT2D eigenvalue weighted by molar-refractivity contribution is 5.89. The van der Waals surface area contributed by atoms with Gasteiger partial charge in [0.25, 0.3) is 0 Å². The van der Waals surface area contributed by atoms with E-state index in [1.807, 2.05) is 0 Å². The highest BCUT2D eigenvalue weighted by atomic mass is 19.1. The van der Waals surface area contributed by atoms with Crippen LogP contribution in [0.15, 0.2) is 49.1 Å². The van der Waals surface area contributed by atoms with Gasteiger partial charge in [-0.2, -0.15) is 0 Å². The van der Waals surface area contributed by atoms with Gasteiger partial charge in [-0.25, -0.2) is 9.18 Å². The summed E-state index contributed by atoms with van der Waals surface area (Å²) in [6.07, 6.45) is 2.27. The molecule has 1 atom stereocenters. The van der Waals surface area contributed by atoms with Crippen LogP contribution in [0, 0.1) is 5.82 Å². The smallest absolute Gasteiger partial charge is 0.334 e. The highest BCUT2D eigenvalue weighted by Gasteiger charge is 2.20. The first-order valence-corrected chi connectivity index (χ1v) is 5.82. The number of carbonyl (C=O) groups excluding carboxylic acids is 1. The Balaban J connectivity index is 2.94. The minimum absolute atomic E-state index is 0.220. The van der Waals surface area contributed by atoms with Crippen LogP contribution < -0.4 is 0 Å². The predicted octanol–water partition coefficient (Wildman–Crippen LogP) is 3.60. The van der Waals surface area contributed by atoms with Gasteiger partial charge in [0.2, 0.25) is 0 Å². The van der Waals surface area contributed by atoms with Crippen LogP contribution in [-0.2, 0) is 9.53 Å². The molecule has 0 amide bonds. The molecule has 1 rings (SSSR count). The Labute approximate surface area is 107 Å². The third-order valence-electron chi connectivity index (χ3n) is 2.63. The molecule has 1 aromatic carbocycles. The molecule has 0 aliphatic rings. The molecule has 0 saturated carbocycles. The zero-order valence-corrected chi connectivity index (χ0v) is 10.5. The number of esters is 1. The van der Waals surface area contributed by atoms with Crippen molar-refractivity contribution in [3.05, 3.63) is 60.5 Å². The molecule has 0 spiro atoms. The summed E-state index contributed by atoms with van der Waals surface area (Å²) in [5.74, 6) is -0.950. The first kappa shape index (κ1) is 14.2. The predicted molar refractivity (Wildman–Crippen MR) is 69.7 cm³/mol.